The number of carbonyl (C=O) groups excluding carboxylic acids is 1. The van der Waals surface area contributed by atoms with Crippen molar-refractivity contribution in [3.8, 4) is 0 Å². The van der Waals surface area contributed by atoms with Crippen LogP contribution in [0.1, 0.15) is 40.2 Å². The first-order chi connectivity index (χ1) is 12.8. The van der Waals surface area contributed by atoms with Crippen LogP contribution in [0.25, 0.3) is 10.2 Å². The Morgan fingerprint density at radius 3 is 3.04 bits per heavy atom. The number of nitrogens with one attached hydrogen (secondary N) is 1. The van der Waals surface area contributed by atoms with E-state index in [1.54, 1.807) is 11.3 Å². The summed E-state index contributed by atoms with van der Waals surface area (Å²) in [5.41, 5.74) is 1.60. The molecule has 3 aromatic rings. The molecule has 2 aliphatic heterocycles. The van der Waals surface area contributed by atoms with Gasteiger partial charge in [-0.1, -0.05) is 12.1 Å². The summed E-state index contributed by atoms with van der Waals surface area (Å²) in [5.74, 6) is 1.05. The van der Waals surface area contributed by atoms with E-state index in [1.165, 1.54) is 4.70 Å². The molecule has 7 heteroatoms. The molecule has 0 spiro atoms. The van der Waals surface area contributed by atoms with Crippen LogP contribution in [0.3, 0.4) is 0 Å². The summed E-state index contributed by atoms with van der Waals surface area (Å²) in [4.78, 5) is 24.6. The van der Waals surface area contributed by atoms with E-state index in [0.717, 1.165) is 61.8 Å². The van der Waals surface area contributed by atoms with Crippen LogP contribution in [0, 0.1) is 0 Å². The Balaban J connectivity index is 1.44. The van der Waals surface area contributed by atoms with Crippen molar-refractivity contribution in [3.63, 3.8) is 0 Å². The van der Waals surface area contributed by atoms with Crippen LogP contribution in [0.4, 0.5) is 0 Å². The molecule has 26 heavy (non-hydrogen) atoms. The van der Waals surface area contributed by atoms with Crippen LogP contribution in [0.15, 0.2) is 30.5 Å². The highest BCUT2D eigenvalue weighted by atomic mass is 32.1. The fraction of sp³-hybridized carbons (Fsp3) is 0.421. The van der Waals surface area contributed by atoms with Crippen LogP contribution in [-0.4, -0.2) is 45.0 Å². The number of likely N-dealkylation sites (tertiary alicyclic amines) is 1. The number of amides is 1. The van der Waals surface area contributed by atoms with E-state index in [1.807, 2.05) is 29.3 Å². The van der Waals surface area contributed by atoms with Gasteiger partial charge in [0.1, 0.15) is 16.5 Å². The molecule has 5 rings (SSSR count). The van der Waals surface area contributed by atoms with Gasteiger partial charge < -0.3 is 14.8 Å². The SMILES string of the molecule is O=C(c1cn2c(n1)CCNCC2)N1CCCC1c1nc2ccccc2s1. The van der Waals surface area contributed by atoms with E-state index >= 15 is 0 Å². The van der Waals surface area contributed by atoms with Gasteiger partial charge in [-0.15, -0.1) is 11.3 Å². The standard InChI is InChI=1S/C19H21N5OS/c25-19(14-12-23-11-9-20-8-7-17(23)21-14)24-10-3-5-15(24)18-22-13-4-1-2-6-16(13)26-18/h1-2,4,6,12,15,20H,3,5,7-11H2. The number of imidazole rings is 1. The molecule has 4 heterocycles. The molecule has 6 nitrogen and oxygen atoms in total. The van der Waals surface area contributed by atoms with Crippen molar-refractivity contribution in [1.82, 2.24) is 24.8 Å². The Bertz CT molecular complexity index is 905. The van der Waals surface area contributed by atoms with Gasteiger partial charge in [-0.2, -0.15) is 0 Å². The van der Waals surface area contributed by atoms with Crippen molar-refractivity contribution in [2.75, 3.05) is 19.6 Å². The minimum Gasteiger partial charge on any atom is -0.333 e. The summed E-state index contributed by atoms with van der Waals surface area (Å²) in [5, 5.41) is 4.41. The highest BCUT2D eigenvalue weighted by Gasteiger charge is 2.34. The van der Waals surface area contributed by atoms with Crippen LogP contribution >= 0.6 is 11.3 Å². The normalized spacial score (nSPS) is 20.3. The summed E-state index contributed by atoms with van der Waals surface area (Å²) < 4.78 is 3.30. The van der Waals surface area contributed by atoms with Gasteiger partial charge in [-0.3, -0.25) is 4.79 Å². The average molecular weight is 367 g/mol. The zero-order valence-electron chi connectivity index (χ0n) is 14.5. The van der Waals surface area contributed by atoms with Crippen molar-refractivity contribution < 1.29 is 4.79 Å². The molecule has 0 aliphatic carbocycles. The monoisotopic (exact) mass is 367 g/mol. The lowest BCUT2D eigenvalue weighted by Gasteiger charge is -2.22. The van der Waals surface area contributed by atoms with Crippen molar-refractivity contribution in [1.29, 1.82) is 0 Å². The highest BCUT2D eigenvalue weighted by Crippen LogP contribution is 2.37. The minimum atomic E-state index is 0.0419. The van der Waals surface area contributed by atoms with E-state index in [0.29, 0.717) is 5.69 Å². The number of benzene rings is 1. The van der Waals surface area contributed by atoms with Gasteiger partial charge in [0, 0.05) is 38.8 Å². The Hall–Kier alpha value is -2.25. The second-order valence-electron chi connectivity index (χ2n) is 6.91. The first kappa shape index (κ1) is 16.0. The van der Waals surface area contributed by atoms with E-state index in [4.69, 9.17) is 4.98 Å². The number of rotatable bonds is 2. The van der Waals surface area contributed by atoms with Gasteiger partial charge in [0.15, 0.2) is 0 Å². The average Bonchev–Trinajstić information content (AvgIpc) is 3.36. The number of fused-ring (bicyclic) bond motifs is 2. The molecule has 0 saturated carbocycles. The summed E-state index contributed by atoms with van der Waals surface area (Å²) in [6.45, 7) is 3.50. The van der Waals surface area contributed by atoms with E-state index in [2.05, 4.69) is 20.9 Å². The molecule has 2 aliphatic rings. The molecule has 1 aromatic carbocycles. The van der Waals surface area contributed by atoms with Gasteiger partial charge >= 0.3 is 0 Å². The number of aromatic nitrogens is 3. The van der Waals surface area contributed by atoms with Crippen molar-refractivity contribution in [2.24, 2.45) is 0 Å². The Labute approximate surface area is 155 Å². The molecule has 134 valence electrons. The van der Waals surface area contributed by atoms with Gasteiger partial charge in [-0.25, -0.2) is 9.97 Å². The summed E-state index contributed by atoms with van der Waals surface area (Å²) in [6, 6.07) is 8.25. The number of carbonyl (C=O) groups is 1. The molecule has 1 unspecified atom stereocenters. The van der Waals surface area contributed by atoms with E-state index in [-0.39, 0.29) is 11.9 Å². The molecule has 1 saturated heterocycles. The predicted molar refractivity (Wildman–Crippen MR) is 101 cm³/mol. The Morgan fingerprint density at radius 2 is 2.12 bits per heavy atom. The lowest BCUT2D eigenvalue weighted by molar-refractivity contribution is 0.0730. The molecular weight excluding hydrogens is 346 g/mol. The fourth-order valence-electron chi connectivity index (χ4n) is 3.92. The third-order valence-corrected chi connectivity index (χ3v) is 6.38. The lowest BCUT2D eigenvalue weighted by Crippen LogP contribution is -2.31. The maximum Gasteiger partial charge on any atom is 0.274 e. The van der Waals surface area contributed by atoms with Crippen molar-refractivity contribution in [3.05, 3.63) is 47.0 Å². The van der Waals surface area contributed by atoms with Gasteiger partial charge in [0.05, 0.1) is 16.3 Å². The van der Waals surface area contributed by atoms with Crippen LogP contribution in [0.5, 0.6) is 0 Å². The molecule has 1 N–H and O–H groups in total. The third kappa shape index (κ3) is 2.71. The predicted octanol–water partition coefficient (Wildman–Crippen LogP) is 2.62. The summed E-state index contributed by atoms with van der Waals surface area (Å²) in [6.07, 6.45) is 4.79. The van der Waals surface area contributed by atoms with Crippen molar-refractivity contribution in [2.45, 2.75) is 31.8 Å². The maximum absolute atomic E-state index is 13.2. The van der Waals surface area contributed by atoms with Crippen LogP contribution in [0.2, 0.25) is 0 Å². The molecular formula is C19H21N5OS. The molecule has 2 aromatic heterocycles. The van der Waals surface area contributed by atoms with Gasteiger partial charge in [0.25, 0.3) is 5.91 Å². The summed E-state index contributed by atoms with van der Waals surface area (Å²) >= 11 is 1.70. The quantitative estimate of drug-likeness (QED) is 0.756. The van der Waals surface area contributed by atoms with Crippen LogP contribution in [-0.2, 0) is 13.0 Å². The van der Waals surface area contributed by atoms with E-state index in [9.17, 15) is 4.79 Å². The van der Waals surface area contributed by atoms with Crippen molar-refractivity contribution >= 4 is 27.5 Å². The third-order valence-electron chi connectivity index (χ3n) is 5.24. The first-order valence-electron chi connectivity index (χ1n) is 9.23. The minimum absolute atomic E-state index is 0.0419. The smallest absolute Gasteiger partial charge is 0.274 e. The molecule has 0 bridgehead atoms. The summed E-state index contributed by atoms with van der Waals surface area (Å²) in [7, 11) is 0. The van der Waals surface area contributed by atoms with Gasteiger partial charge in [0.2, 0.25) is 0 Å². The lowest BCUT2D eigenvalue weighted by atomic mass is 10.2. The second-order valence-corrected chi connectivity index (χ2v) is 7.97. The molecule has 1 fully saturated rings. The molecule has 1 amide bonds. The molecule has 0 radical (unpaired) electrons. The maximum atomic E-state index is 13.2. The zero-order chi connectivity index (χ0) is 17.5. The Morgan fingerprint density at radius 1 is 1.19 bits per heavy atom. The second kappa shape index (κ2) is 6.48. The van der Waals surface area contributed by atoms with Crippen LogP contribution < -0.4 is 5.32 Å². The number of nitrogens with zero attached hydrogens (tertiary/aromatic N) is 4. The zero-order valence-corrected chi connectivity index (χ0v) is 15.3. The first-order valence-corrected chi connectivity index (χ1v) is 10.0. The number of hydrogen-bond acceptors (Lipinski definition) is 5. The number of thiazole rings is 1. The fourth-order valence-corrected chi connectivity index (χ4v) is 5.04. The number of para-hydroxylation sites is 1. The topological polar surface area (TPSA) is 63.1 Å². The molecule has 1 atom stereocenters. The number of hydrogen-bond donors (Lipinski definition) is 1. The largest absolute Gasteiger partial charge is 0.333 e. The van der Waals surface area contributed by atoms with E-state index < -0.39 is 0 Å². The van der Waals surface area contributed by atoms with Gasteiger partial charge in [-0.05, 0) is 25.0 Å². The highest BCUT2D eigenvalue weighted by molar-refractivity contribution is 7.18. The Kier molecular flexibility index (Phi) is 3.98.